The Morgan fingerprint density at radius 2 is 2.22 bits per heavy atom. The molecule has 1 heterocycles. The summed E-state index contributed by atoms with van der Waals surface area (Å²) in [5.74, 6) is -0.536. The molecule has 7 heteroatoms. The van der Waals surface area contributed by atoms with Gasteiger partial charge in [0.1, 0.15) is 17.8 Å². The van der Waals surface area contributed by atoms with E-state index in [-0.39, 0.29) is 17.9 Å². The summed E-state index contributed by atoms with van der Waals surface area (Å²) in [6.07, 6.45) is 2.93. The van der Waals surface area contributed by atoms with Gasteiger partial charge in [0.2, 0.25) is 0 Å². The third kappa shape index (κ3) is 2.76. The first-order valence-electron chi connectivity index (χ1n) is 5.09. The van der Waals surface area contributed by atoms with E-state index in [2.05, 4.69) is 15.3 Å². The molecule has 18 heavy (non-hydrogen) atoms. The van der Waals surface area contributed by atoms with E-state index in [0.717, 1.165) is 18.2 Å². The second-order valence-corrected chi connectivity index (χ2v) is 3.47. The monoisotopic (exact) mass is 248 g/mol. The molecule has 0 aliphatic heterocycles. The lowest BCUT2D eigenvalue weighted by Crippen LogP contribution is -2.04. The van der Waals surface area contributed by atoms with Crippen LogP contribution in [0.1, 0.15) is 5.69 Å². The van der Waals surface area contributed by atoms with Crippen LogP contribution in [0.5, 0.6) is 0 Å². The molecule has 0 saturated carbocycles. The van der Waals surface area contributed by atoms with Crippen LogP contribution < -0.4 is 5.32 Å². The third-order valence-electron chi connectivity index (χ3n) is 2.26. The van der Waals surface area contributed by atoms with E-state index in [4.69, 9.17) is 0 Å². The van der Waals surface area contributed by atoms with Crippen molar-refractivity contribution >= 4 is 11.4 Å². The molecular weight excluding hydrogens is 239 g/mol. The van der Waals surface area contributed by atoms with Gasteiger partial charge in [-0.15, -0.1) is 0 Å². The Morgan fingerprint density at radius 3 is 2.89 bits per heavy atom. The summed E-state index contributed by atoms with van der Waals surface area (Å²) in [5, 5.41) is 13.5. The van der Waals surface area contributed by atoms with Gasteiger partial charge >= 0.3 is 0 Å². The van der Waals surface area contributed by atoms with Gasteiger partial charge in [-0.05, 0) is 12.1 Å². The largest absolute Gasteiger partial charge is 0.374 e. The van der Waals surface area contributed by atoms with Crippen molar-refractivity contribution in [2.24, 2.45) is 0 Å². The summed E-state index contributed by atoms with van der Waals surface area (Å²) in [6.45, 7) is 0.257. The molecule has 0 aliphatic carbocycles. The van der Waals surface area contributed by atoms with Gasteiger partial charge in [-0.2, -0.15) is 0 Å². The van der Waals surface area contributed by atoms with Gasteiger partial charge in [-0.3, -0.25) is 10.1 Å². The Kier molecular flexibility index (Phi) is 3.42. The van der Waals surface area contributed by atoms with Crippen molar-refractivity contribution < 1.29 is 9.31 Å². The summed E-state index contributed by atoms with van der Waals surface area (Å²) in [5.41, 5.74) is 0.604. The Bertz CT molecular complexity index is 562. The number of anilines is 1. The Morgan fingerprint density at radius 1 is 1.39 bits per heavy atom. The number of nitrogens with zero attached hydrogens (tertiary/aromatic N) is 3. The fourth-order valence-corrected chi connectivity index (χ4v) is 1.42. The number of aromatic nitrogens is 2. The second-order valence-electron chi connectivity index (χ2n) is 3.47. The lowest BCUT2D eigenvalue weighted by atomic mass is 10.2. The van der Waals surface area contributed by atoms with Crippen LogP contribution in [0.2, 0.25) is 0 Å². The zero-order valence-electron chi connectivity index (χ0n) is 9.21. The Balaban J connectivity index is 2.18. The van der Waals surface area contributed by atoms with E-state index in [1.165, 1.54) is 6.33 Å². The van der Waals surface area contributed by atoms with Crippen molar-refractivity contribution in [3.63, 3.8) is 0 Å². The van der Waals surface area contributed by atoms with Gasteiger partial charge in [0.15, 0.2) is 0 Å². The van der Waals surface area contributed by atoms with Crippen LogP contribution >= 0.6 is 0 Å². The van der Waals surface area contributed by atoms with E-state index >= 15 is 0 Å². The fourth-order valence-electron chi connectivity index (χ4n) is 1.42. The first-order chi connectivity index (χ1) is 8.66. The second kappa shape index (κ2) is 5.17. The highest BCUT2D eigenvalue weighted by atomic mass is 19.1. The first-order valence-corrected chi connectivity index (χ1v) is 5.09. The lowest BCUT2D eigenvalue weighted by Gasteiger charge is -2.06. The van der Waals surface area contributed by atoms with Crippen LogP contribution in [0.3, 0.4) is 0 Å². The van der Waals surface area contributed by atoms with Gasteiger partial charge in [-0.25, -0.2) is 14.4 Å². The molecule has 0 saturated heterocycles. The molecular formula is C11H9FN4O2. The molecule has 0 bridgehead atoms. The maximum absolute atomic E-state index is 13.0. The number of halogens is 1. The van der Waals surface area contributed by atoms with Crippen LogP contribution in [0.4, 0.5) is 15.8 Å². The quantitative estimate of drug-likeness (QED) is 0.662. The first kappa shape index (κ1) is 11.9. The van der Waals surface area contributed by atoms with Gasteiger partial charge in [0.25, 0.3) is 5.69 Å². The maximum atomic E-state index is 13.0. The number of hydrogen-bond donors (Lipinski definition) is 1. The molecule has 0 aliphatic rings. The standard InChI is InChI=1S/C11H9FN4O2/c12-8-1-2-11(16(17)18)10(5-8)14-6-9-3-4-13-7-15-9/h1-5,7,14H,6H2. The maximum Gasteiger partial charge on any atom is 0.292 e. The van der Waals surface area contributed by atoms with Crippen LogP contribution in [0, 0.1) is 15.9 Å². The molecule has 1 N–H and O–H groups in total. The van der Waals surface area contributed by atoms with Crippen LogP contribution in [-0.2, 0) is 6.54 Å². The molecule has 92 valence electrons. The summed E-state index contributed by atoms with van der Waals surface area (Å²) in [7, 11) is 0. The topological polar surface area (TPSA) is 81.0 Å². The molecule has 0 spiro atoms. The molecule has 2 aromatic rings. The predicted octanol–water partition coefficient (Wildman–Crippen LogP) is 2.14. The number of hydrogen-bond acceptors (Lipinski definition) is 5. The Labute approximate surface area is 102 Å². The van der Waals surface area contributed by atoms with Gasteiger partial charge in [0.05, 0.1) is 17.2 Å². The molecule has 0 amide bonds. The highest BCUT2D eigenvalue weighted by Crippen LogP contribution is 2.25. The smallest absolute Gasteiger partial charge is 0.292 e. The van der Waals surface area contributed by atoms with Crippen LogP contribution in [0.15, 0.2) is 36.8 Å². The van der Waals surface area contributed by atoms with E-state index < -0.39 is 10.7 Å². The number of nitro groups is 1. The minimum Gasteiger partial charge on any atom is -0.374 e. The van der Waals surface area contributed by atoms with Crippen molar-refractivity contribution in [1.82, 2.24) is 9.97 Å². The van der Waals surface area contributed by atoms with Crippen molar-refractivity contribution in [1.29, 1.82) is 0 Å². The SMILES string of the molecule is O=[N+]([O-])c1ccc(F)cc1NCc1ccncn1. The molecule has 0 atom stereocenters. The average molecular weight is 248 g/mol. The van der Waals surface area contributed by atoms with Crippen molar-refractivity contribution in [3.05, 3.63) is 58.4 Å². The minimum absolute atomic E-state index is 0.124. The average Bonchev–Trinajstić information content (AvgIpc) is 2.37. The van der Waals surface area contributed by atoms with Crippen molar-refractivity contribution in [2.45, 2.75) is 6.54 Å². The number of rotatable bonds is 4. The number of nitro benzene ring substituents is 1. The Hall–Kier alpha value is -2.57. The molecule has 0 radical (unpaired) electrons. The predicted molar refractivity (Wildman–Crippen MR) is 62.4 cm³/mol. The van der Waals surface area contributed by atoms with E-state index in [0.29, 0.717) is 5.69 Å². The minimum atomic E-state index is -0.568. The normalized spacial score (nSPS) is 10.1. The van der Waals surface area contributed by atoms with E-state index in [1.54, 1.807) is 12.3 Å². The van der Waals surface area contributed by atoms with Gasteiger partial charge in [0, 0.05) is 18.3 Å². The molecule has 1 aromatic heterocycles. The van der Waals surface area contributed by atoms with Gasteiger partial charge < -0.3 is 5.32 Å². The highest BCUT2D eigenvalue weighted by molar-refractivity contribution is 5.61. The zero-order chi connectivity index (χ0) is 13.0. The van der Waals surface area contributed by atoms with Crippen molar-refractivity contribution in [3.8, 4) is 0 Å². The summed E-state index contributed by atoms with van der Waals surface area (Å²) in [6, 6.07) is 4.92. The molecule has 6 nitrogen and oxygen atoms in total. The highest BCUT2D eigenvalue weighted by Gasteiger charge is 2.14. The third-order valence-corrected chi connectivity index (χ3v) is 2.26. The van der Waals surface area contributed by atoms with E-state index in [9.17, 15) is 14.5 Å². The van der Waals surface area contributed by atoms with Crippen LogP contribution in [-0.4, -0.2) is 14.9 Å². The van der Waals surface area contributed by atoms with Crippen molar-refractivity contribution in [2.75, 3.05) is 5.32 Å². The number of benzene rings is 1. The fraction of sp³-hybridized carbons (Fsp3) is 0.0909. The molecule has 0 fully saturated rings. The van der Waals surface area contributed by atoms with Crippen LogP contribution in [0.25, 0.3) is 0 Å². The summed E-state index contributed by atoms with van der Waals surface area (Å²) < 4.78 is 13.0. The van der Waals surface area contributed by atoms with E-state index in [1.807, 2.05) is 0 Å². The lowest BCUT2D eigenvalue weighted by molar-refractivity contribution is -0.384. The zero-order valence-corrected chi connectivity index (χ0v) is 9.21. The van der Waals surface area contributed by atoms with Gasteiger partial charge in [-0.1, -0.05) is 0 Å². The molecule has 2 rings (SSSR count). The summed E-state index contributed by atoms with van der Waals surface area (Å²) in [4.78, 5) is 17.9. The number of nitrogens with one attached hydrogen (secondary N) is 1. The summed E-state index contributed by atoms with van der Waals surface area (Å²) >= 11 is 0. The molecule has 1 aromatic carbocycles. The molecule has 0 unspecified atom stereocenters.